The van der Waals surface area contributed by atoms with E-state index in [2.05, 4.69) is 81.3 Å². The number of likely N-dealkylation sites (N-methyl/N-ethyl adjacent to an activating group) is 1. The first-order chi connectivity index (χ1) is 13.7. The predicted octanol–water partition coefficient (Wildman–Crippen LogP) is 3.93. The lowest BCUT2D eigenvalue weighted by Crippen LogP contribution is -2.41. The molecule has 3 rings (SSSR count). The second-order valence-electron chi connectivity index (χ2n) is 7.60. The van der Waals surface area contributed by atoms with Gasteiger partial charge in [0.1, 0.15) is 0 Å². The molecule has 0 saturated carbocycles. The molecule has 1 aromatic heterocycles. The summed E-state index contributed by atoms with van der Waals surface area (Å²) in [5, 5.41) is 9.03. The van der Waals surface area contributed by atoms with Gasteiger partial charge >= 0.3 is 0 Å². The molecule has 0 radical (unpaired) electrons. The first-order valence-corrected chi connectivity index (χ1v) is 11.0. The first kappa shape index (κ1) is 24.1. The number of nitrogens with one attached hydrogen (secondary N) is 2. The number of hydrogen-bond donors (Lipinski definition) is 2. The van der Waals surface area contributed by atoms with Crippen molar-refractivity contribution in [3.8, 4) is 0 Å². The van der Waals surface area contributed by atoms with Crippen LogP contribution >= 0.6 is 35.3 Å². The van der Waals surface area contributed by atoms with Crippen molar-refractivity contribution in [3.63, 3.8) is 0 Å². The van der Waals surface area contributed by atoms with Gasteiger partial charge in [0.2, 0.25) is 0 Å². The Morgan fingerprint density at radius 1 is 1.10 bits per heavy atom. The molecule has 1 aromatic carbocycles. The van der Waals surface area contributed by atoms with Crippen LogP contribution in [0.25, 0.3) is 0 Å². The van der Waals surface area contributed by atoms with E-state index in [0.717, 1.165) is 25.6 Å². The standard InChI is InChI=1S/C22H33N5S.HI/c1-23-22(25-16-20(26(2)3)21-7-6-14-28-21)24-15-18-8-10-19(11-9-18)17-27-12-4-5-13-27;/h6-11,14,20H,4-5,12-13,15-17H2,1-3H3,(H2,23,24,25);1H. The molecule has 2 N–H and O–H groups in total. The first-order valence-electron chi connectivity index (χ1n) is 10.1. The highest BCUT2D eigenvalue weighted by Crippen LogP contribution is 2.22. The SMILES string of the molecule is CN=C(NCc1ccc(CN2CCCC2)cc1)NCC(c1cccs1)N(C)C.I. The lowest BCUT2D eigenvalue weighted by atomic mass is 10.1. The van der Waals surface area contributed by atoms with Crippen LogP contribution in [0.15, 0.2) is 46.8 Å². The molecule has 1 aliphatic heterocycles. The van der Waals surface area contributed by atoms with Crippen molar-refractivity contribution in [3.05, 3.63) is 57.8 Å². The van der Waals surface area contributed by atoms with Crippen LogP contribution in [0.2, 0.25) is 0 Å². The minimum atomic E-state index is 0. The molecule has 29 heavy (non-hydrogen) atoms. The maximum atomic E-state index is 4.37. The Kier molecular flexibility index (Phi) is 10.4. The molecule has 1 fully saturated rings. The van der Waals surface area contributed by atoms with E-state index in [1.807, 2.05) is 7.05 Å². The molecule has 0 amide bonds. The van der Waals surface area contributed by atoms with Gasteiger partial charge in [-0.1, -0.05) is 30.3 Å². The highest BCUT2D eigenvalue weighted by molar-refractivity contribution is 14.0. The Balaban J connectivity index is 0.00000300. The van der Waals surface area contributed by atoms with Crippen LogP contribution in [-0.2, 0) is 13.1 Å². The Hall–Kier alpha value is -1.16. The van der Waals surface area contributed by atoms with Crippen LogP contribution in [-0.4, -0.2) is 56.5 Å². The lowest BCUT2D eigenvalue weighted by molar-refractivity contribution is 0.302. The van der Waals surface area contributed by atoms with Crippen molar-refractivity contribution in [2.75, 3.05) is 40.8 Å². The van der Waals surface area contributed by atoms with Crippen molar-refractivity contribution in [2.45, 2.75) is 32.0 Å². The average Bonchev–Trinajstić information content (AvgIpc) is 3.40. The molecule has 2 aromatic rings. The molecule has 7 heteroatoms. The number of thiophene rings is 1. The zero-order chi connectivity index (χ0) is 19.8. The quantitative estimate of drug-likeness (QED) is 0.310. The third-order valence-corrected chi connectivity index (χ3v) is 6.24. The van der Waals surface area contributed by atoms with Gasteiger partial charge in [0.05, 0.1) is 6.04 Å². The minimum absolute atomic E-state index is 0. The van der Waals surface area contributed by atoms with Crippen LogP contribution < -0.4 is 10.6 Å². The van der Waals surface area contributed by atoms with E-state index < -0.39 is 0 Å². The van der Waals surface area contributed by atoms with Crippen LogP contribution in [0.4, 0.5) is 0 Å². The highest BCUT2D eigenvalue weighted by Gasteiger charge is 2.15. The summed E-state index contributed by atoms with van der Waals surface area (Å²) < 4.78 is 0. The summed E-state index contributed by atoms with van der Waals surface area (Å²) in [6.07, 6.45) is 2.69. The Bertz CT molecular complexity index is 724. The van der Waals surface area contributed by atoms with Gasteiger partial charge in [-0.3, -0.25) is 9.89 Å². The van der Waals surface area contributed by atoms with Crippen molar-refractivity contribution in [1.82, 2.24) is 20.4 Å². The van der Waals surface area contributed by atoms with Crippen molar-refractivity contribution < 1.29 is 0 Å². The smallest absolute Gasteiger partial charge is 0.191 e. The molecule has 0 aliphatic carbocycles. The van der Waals surface area contributed by atoms with Gasteiger partial charge in [0.15, 0.2) is 5.96 Å². The van der Waals surface area contributed by atoms with Crippen molar-refractivity contribution >= 4 is 41.3 Å². The average molecular weight is 528 g/mol. The second-order valence-corrected chi connectivity index (χ2v) is 8.58. The van der Waals surface area contributed by atoms with E-state index in [1.54, 1.807) is 11.3 Å². The highest BCUT2D eigenvalue weighted by atomic mass is 127. The second kappa shape index (κ2) is 12.5. The van der Waals surface area contributed by atoms with Crippen LogP contribution in [0, 0.1) is 0 Å². The summed E-state index contributed by atoms with van der Waals surface area (Å²) in [4.78, 5) is 10.5. The summed E-state index contributed by atoms with van der Waals surface area (Å²) in [7, 11) is 6.06. The number of nitrogens with zero attached hydrogens (tertiary/aromatic N) is 3. The lowest BCUT2D eigenvalue weighted by Gasteiger charge is -2.24. The monoisotopic (exact) mass is 527 g/mol. The maximum absolute atomic E-state index is 4.37. The molecular weight excluding hydrogens is 493 g/mol. The van der Waals surface area contributed by atoms with Gasteiger partial charge < -0.3 is 15.5 Å². The fourth-order valence-corrected chi connectivity index (χ4v) is 4.50. The molecule has 1 saturated heterocycles. The summed E-state index contributed by atoms with van der Waals surface area (Å²) in [5.41, 5.74) is 2.67. The van der Waals surface area contributed by atoms with Crippen LogP contribution in [0.3, 0.4) is 0 Å². The molecule has 1 atom stereocenters. The fraction of sp³-hybridized carbons (Fsp3) is 0.500. The summed E-state index contributed by atoms with van der Waals surface area (Å²) >= 11 is 1.80. The van der Waals surface area contributed by atoms with Gasteiger partial charge in [-0.15, -0.1) is 35.3 Å². The third kappa shape index (κ3) is 7.55. The molecule has 0 bridgehead atoms. The van der Waals surface area contributed by atoms with E-state index >= 15 is 0 Å². The number of rotatable bonds is 8. The maximum Gasteiger partial charge on any atom is 0.191 e. The third-order valence-electron chi connectivity index (χ3n) is 5.27. The van der Waals surface area contributed by atoms with E-state index in [0.29, 0.717) is 6.04 Å². The molecule has 2 heterocycles. The zero-order valence-corrected chi connectivity index (χ0v) is 20.9. The van der Waals surface area contributed by atoms with E-state index in [1.165, 1.54) is 41.9 Å². The van der Waals surface area contributed by atoms with E-state index in [9.17, 15) is 0 Å². The summed E-state index contributed by atoms with van der Waals surface area (Å²) in [5.74, 6) is 0.838. The Morgan fingerprint density at radius 3 is 2.38 bits per heavy atom. The van der Waals surface area contributed by atoms with Crippen molar-refractivity contribution in [2.24, 2.45) is 4.99 Å². The van der Waals surface area contributed by atoms with Gasteiger partial charge in [-0.2, -0.15) is 0 Å². The predicted molar refractivity (Wildman–Crippen MR) is 135 cm³/mol. The number of guanidine groups is 1. The van der Waals surface area contributed by atoms with Gasteiger partial charge in [-0.25, -0.2) is 0 Å². The number of likely N-dealkylation sites (tertiary alicyclic amines) is 1. The van der Waals surface area contributed by atoms with Crippen LogP contribution in [0.1, 0.15) is 34.9 Å². The number of hydrogen-bond acceptors (Lipinski definition) is 4. The van der Waals surface area contributed by atoms with Gasteiger partial charge in [0.25, 0.3) is 0 Å². The number of aliphatic imine (C=N–C) groups is 1. The minimum Gasteiger partial charge on any atom is -0.354 e. The fourth-order valence-electron chi connectivity index (χ4n) is 3.58. The molecule has 160 valence electrons. The molecule has 0 spiro atoms. The zero-order valence-electron chi connectivity index (χ0n) is 17.7. The molecule has 1 unspecified atom stereocenters. The summed E-state index contributed by atoms with van der Waals surface area (Å²) in [6, 6.07) is 13.6. The van der Waals surface area contributed by atoms with E-state index in [4.69, 9.17) is 0 Å². The van der Waals surface area contributed by atoms with Crippen LogP contribution in [0.5, 0.6) is 0 Å². The van der Waals surface area contributed by atoms with Crippen molar-refractivity contribution in [1.29, 1.82) is 0 Å². The normalized spacial score (nSPS) is 15.9. The number of benzene rings is 1. The number of halogens is 1. The molecule has 5 nitrogen and oxygen atoms in total. The molecular formula is C22H34IN5S. The van der Waals surface area contributed by atoms with E-state index in [-0.39, 0.29) is 24.0 Å². The Labute approximate surface area is 196 Å². The van der Waals surface area contributed by atoms with Gasteiger partial charge in [0, 0.05) is 31.6 Å². The topological polar surface area (TPSA) is 42.9 Å². The molecule has 1 aliphatic rings. The largest absolute Gasteiger partial charge is 0.354 e. The summed E-state index contributed by atoms with van der Waals surface area (Å²) in [6.45, 7) is 5.15. The Morgan fingerprint density at radius 2 is 1.79 bits per heavy atom. The van der Waals surface area contributed by atoms with Gasteiger partial charge in [-0.05, 0) is 62.6 Å².